The Kier molecular flexibility index (Phi) is 3.55. The monoisotopic (exact) mass is 285 g/mol. The molecule has 0 aliphatic rings. The Balaban J connectivity index is 1.62. The summed E-state index contributed by atoms with van der Waals surface area (Å²) < 4.78 is 14.8. The number of hydrogen-bond acceptors (Lipinski definition) is 4. The number of nitrogens with zero attached hydrogens (tertiary/aromatic N) is 4. The molecule has 0 aliphatic heterocycles. The molecular weight excluding hydrogens is 273 g/mol. The smallest absolute Gasteiger partial charge is 0.251 e. The van der Waals surface area contributed by atoms with Gasteiger partial charge in [0, 0.05) is 37.0 Å². The molecule has 0 fully saturated rings. The fourth-order valence-electron chi connectivity index (χ4n) is 2.00. The summed E-state index contributed by atoms with van der Waals surface area (Å²) in [5.41, 5.74) is 1.00. The third-order valence-electron chi connectivity index (χ3n) is 3.01. The molecule has 0 aliphatic carbocycles. The van der Waals surface area contributed by atoms with Crippen LogP contribution in [0.1, 0.15) is 16.2 Å². The van der Waals surface area contributed by atoms with Crippen LogP contribution in [0.5, 0.6) is 0 Å². The molecule has 1 N–H and O–H groups in total. The molecule has 3 heterocycles. The number of nitrogens with one attached hydrogen (secondary N) is 1. The molecule has 0 aromatic carbocycles. The van der Waals surface area contributed by atoms with Gasteiger partial charge in [0.15, 0.2) is 5.65 Å². The van der Waals surface area contributed by atoms with Crippen molar-refractivity contribution in [1.82, 2.24) is 24.9 Å². The van der Waals surface area contributed by atoms with Crippen LogP contribution in [0.25, 0.3) is 5.65 Å². The van der Waals surface area contributed by atoms with Crippen molar-refractivity contribution in [3.8, 4) is 0 Å². The van der Waals surface area contributed by atoms with Crippen LogP contribution in [0, 0.1) is 5.95 Å². The number of pyridine rings is 2. The molecule has 0 atom stereocenters. The Morgan fingerprint density at radius 3 is 3.05 bits per heavy atom. The lowest BCUT2D eigenvalue weighted by Crippen LogP contribution is -2.26. The average Bonchev–Trinajstić information content (AvgIpc) is 2.91. The molecular formula is C14H12FN5O. The van der Waals surface area contributed by atoms with Gasteiger partial charge >= 0.3 is 0 Å². The van der Waals surface area contributed by atoms with Gasteiger partial charge < -0.3 is 5.32 Å². The molecule has 0 bridgehead atoms. The summed E-state index contributed by atoms with van der Waals surface area (Å²) in [5, 5.41) is 10.8. The zero-order valence-electron chi connectivity index (χ0n) is 11.0. The lowest BCUT2D eigenvalue weighted by molar-refractivity contribution is 0.0953. The van der Waals surface area contributed by atoms with E-state index >= 15 is 0 Å². The van der Waals surface area contributed by atoms with Gasteiger partial charge in [0.05, 0.1) is 0 Å². The minimum absolute atomic E-state index is 0.244. The highest BCUT2D eigenvalue weighted by Gasteiger charge is 2.08. The van der Waals surface area contributed by atoms with E-state index in [1.54, 1.807) is 0 Å². The third kappa shape index (κ3) is 2.86. The van der Waals surface area contributed by atoms with Crippen LogP contribution < -0.4 is 5.32 Å². The van der Waals surface area contributed by atoms with Gasteiger partial charge in [-0.1, -0.05) is 6.07 Å². The molecule has 3 aromatic heterocycles. The highest BCUT2D eigenvalue weighted by atomic mass is 19.1. The Morgan fingerprint density at radius 2 is 2.19 bits per heavy atom. The molecule has 3 aromatic rings. The van der Waals surface area contributed by atoms with Gasteiger partial charge in [0.25, 0.3) is 5.91 Å². The normalized spacial score (nSPS) is 10.7. The summed E-state index contributed by atoms with van der Waals surface area (Å²) in [6, 6.07) is 8.19. The van der Waals surface area contributed by atoms with Crippen molar-refractivity contribution in [2.75, 3.05) is 6.54 Å². The predicted molar refractivity (Wildman–Crippen MR) is 73.2 cm³/mol. The van der Waals surface area contributed by atoms with E-state index in [1.807, 2.05) is 28.8 Å². The maximum atomic E-state index is 12.9. The van der Waals surface area contributed by atoms with Gasteiger partial charge in [-0.15, -0.1) is 10.2 Å². The van der Waals surface area contributed by atoms with E-state index in [2.05, 4.69) is 20.5 Å². The molecule has 21 heavy (non-hydrogen) atoms. The molecule has 1 amide bonds. The van der Waals surface area contributed by atoms with Crippen molar-refractivity contribution in [1.29, 1.82) is 0 Å². The van der Waals surface area contributed by atoms with Gasteiger partial charge in [0.1, 0.15) is 5.82 Å². The van der Waals surface area contributed by atoms with E-state index in [9.17, 15) is 9.18 Å². The number of halogens is 1. The van der Waals surface area contributed by atoms with Crippen molar-refractivity contribution in [2.24, 2.45) is 0 Å². The Labute approximate surface area is 119 Å². The number of rotatable bonds is 4. The fraction of sp³-hybridized carbons (Fsp3) is 0.143. The van der Waals surface area contributed by atoms with E-state index in [0.29, 0.717) is 13.0 Å². The van der Waals surface area contributed by atoms with E-state index in [0.717, 1.165) is 17.5 Å². The highest BCUT2D eigenvalue weighted by molar-refractivity contribution is 5.93. The second kappa shape index (κ2) is 5.66. The minimum atomic E-state index is -0.675. The van der Waals surface area contributed by atoms with Gasteiger partial charge in [-0.25, -0.2) is 4.98 Å². The number of amides is 1. The summed E-state index contributed by atoms with van der Waals surface area (Å²) in [7, 11) is 0. The lowest BCUT2D eigenvalue weighted by Gasteiger charge is -2.04. The molecule has 106 valence electrons. The zero-order valence-corrected chi connectivity index (χ0v) is 11.0. The largest absolute Gasteiger partial charge is 0.352 e. The molecule has 6 nitrogen and oxygen atoms in total. The van der Waals surface area contributed by atoms with E-state index in [-0.39, 0.29) is 11.5 Å². The van der Waals surface area contributed by atoms with Crippen molar-refractivity contribution >= 4 is 11.6 Å². The number of aromatic nitrogens is 4. The number of carbonyl (C=O) groups is 1. The molecule has 3 rings (SSSR count). The molecule has 7 heteroatoms. The highest BCUT2D eigenvalue weighted by Crippen LogP contribution is 2.03. The van der Waals surface area contributed by atoms with Crippen molar-refractivity contribution in [3.05, 3.63) is 60.1 Å². The number of fused-ring (bicyclic) bond motifs is 1. The SMILES string of the molecule is O=C(NCCc1nnc2ccccn12)c1ccnc(F)c1. The van der Waals surface area contributed by atoms with Crippen LogP contribution in [0.15, 0.2) is 42.7 Å². The Hall–Kier alpha value is -2.83. The van der Waals surface area contributed by atoms with Crippen LogP contribution in [-0.4, -0.2) is 32.0 Å². The maximum Gasteiger partial charge on any atom is 0.251 e. The van der Waals surface area contributed by atoms with Crippen LogP contribution in [0.2, 0.25) is 0 Å². The maximum absolute atomic E-state index is 12.9. The topological polar surface area (TPSA) is 72.2 Å². The van der Waals surface area contributed by atoms with Gasteiger partial charge in [-0.3, -0.25) is 9.20 Å². The molecule has 0 saturated carbocycles. The standard InChI is InChI=1S/C14H12FN5O/c15-11-9-10(4-6-16-11)14(21)17-7-5-13-19-18-12-3-1-2-8-20(12)13/h1-4,6,8-9H,5,7H2,(H,17,21). The first-order valence-electron chi connectivity index (χ1n) is 6.42. The van der Waals surface area contributed by atoms with Crippen LogP contribution in [0.3, 0.4) is 0 Å². The fourth-order valence-corrected chi connectivity index (χ4v) is 2.00. The Morgan fingerprint density at radius 1 is 1.29 bits per heavy atom. The van der Waals surface area contributed by atoms with Gasteiger partial charge in [0.2, 0.25) is 5.95 Å². The second-order valence-electron chi connectivity index (χ2n) is 4.42. The third-order valence-corrected chi connectivity index (χ3v) is 3.01. The molecule has 0 unspecified atom stereocenters. The lowest BCUT2D eigenvalue weighted by atomic mass is 10.2. The summed E-state index contributed by atoms with van der Waals surface area (Å²) in [5.74, 6) is -0.261. The zero-order chi connectivity index (χ0) is 14.7. The van der Waals surface area contributed by atoms with Crippen LogP contribution in [-0.2, 0) is 6.42 Å². The van der Waals surface area contributed by atoms with Crippen molar-refractivity contribution in [2.45, 2.75) is 6.42 Å². The van der Waals surface area contributed by atoms with E-state index in [1.165, 1.54) is 12.3 Å². The quantitative estimate of drug-likeness (QED) is 0.732. The minimum Gasteiger partial charge on any atom is -0.352 e. The van der Waals surface area contributed by atoms with Crippen molar-refractivity contribution < 1.29 is 9.18 Å². The molecule has 0 radical (unpaired) electrons. The average molecular weight is 285 g/mol. The van der Waals surface area contributed by atoms with Crippen molar-refractivity contribution in [3.63, 3.8) is 0 Å². The van der Waals surface area contributed by atoms with E-state index < -0.39 is 5.95 Å². The Bertz CT molecular complexity index is 786. The predicted octanol–water partition coefficient (Wildman–Crippen LogP) is 1.24. The first kappa shape index (κ1) is 13.2. The van der Waals surface area contributed by atoms with E-state index in [4.69, 9.17) is 0 Å². The van der Waals surface area contributed by atoms with Crippen LogP contribution in [0.4, 0.5) is 4.39 Å². The number of carbonyl (C=O) groups excluding carboxylic acids is 1. The van der Waals surface area contributed by atoms with Gasteiger partial charge in [-0.2, -0.15) is 4.39 Å². The van der Waals surface area contributed by atoms with Gasteiger partial charge in [-0.05, 0) is 18.2 Å². The molecule has 0 saturated heterocycles. The summed E-state index contributed by atoms with van der Waals surface area (Å²) in [4.78, 5) is 15.2. The second-order valence-corrected chi connectivity index (χ2v) is 4.42. The van der Waals surface area contributed by atoms with Crippen LogP contribution >= 0.6 is 0 Å². The summed E-state index contributed by atoms with van der Waals surface area (Å²) in [6.45, 7) is 0.387. The first-order valence-corrected chi connectivity index (χ1v) is 6.42. The molecule has 0 spiro atoms. The number of hydrogen-bond donors (Lipinski definition) is 1. The summed E-state index contributed by atoms with van der Waals surface area (Å²) in [6.07, 6.45) is 3.66. The first-order chi connectivity index (χ1) is 10.2. The summed E-state index contributed by atoms with van der Waals surface area (Å²) >= 11 is 0.